The van der Waals surface area contributed by atoms with Gasteiger partial charge in [-0.2, -0.15) is 5.10 Å². The van der Waals surface area contributed by atoms with Crippen LogP contribution in [0.25, 0.3) is 0 Å². The maximum atomic E-state index is 13.2. The maximum absolute atomic E-state index is 13.2. The average Bonchev–Trinajstić information content (AvgIpc) is 2.79. The predicted molar refractivity (Wildman–Crippen MR) is 66.6 cm³/mol. The lowest BCUT2D eigenvalue weighted by molar-refractivity contribution is 0.626. The quantitative estimate of drug-likeness (QED) is 0.906. The lowest BCUT2D eigenvalue weighted by Gasteiger charge is -2.04. The molecule has 0 aliphatic heterocycles. The minimum absolute atomic E-state index is 0.146. The number of anilines is 1. The smallest absolute Gasteiger partial charge is 0.142 e. The van der Waals surface area contributed by atoms with Crippen molar-refractivity contribution in [3.63, 3.8) is 0 Å². The summed E-state index contributed by atoms with van der Waals surface area (Å²) in [6, 6.07) is 4.78. The van der Waals surface area contributed by atoms with Gasteiger partial charge in [-0.15, -0.1) is 0 Å². The van der Waals surface area contributed by atoms with Gasteiger partial charge in [-0.25, -0.2) is 4.39 Å². The lowest BCUT2D eigenvalue weighted by Crippen LogP contribution is -1.99. The molecule has 0 aliphatic carbocycles. The van der Waals surface area contributed by atoms with Gasteiger partial charge in [-0.3, -0.25) is 4.68 Å². The largest absolute Gasteiger partial charge is 0.378 e. The van der Waals surface area contributed by atoms with E-state index in [4.69, 9.17) is 11.6 Å². The Labute approximate surface area is 104 Å². The molecule has 0 saturated carbocycles. The zero-order valence-corrected chi connectivity index (χ0v) is 10.2. The Morgan fingerprint density at radius 2 is 2.29 bits per heavy atom. The minimum atomic E-state index is -0.393. The zero-order valence-electron chi connectivity index (χ0n) is 9.45. The van der Waals surface area contributed by atoms with E-state index in [1.165, 1.54) is 6.07 Å². The Morgan fingerprint density at radius 3 is 2.94 bits per heavy atom. The fraction of sp³-hybridized carbons (Fsp3) is 0.250. The third-order valence-corrected chi connectivity index (χ3v) is 2.74. The van der Waals surface area contributed by atoms with E-state index in [0.717, 1.165) is 17.8 Å². The third kappa shape index (κ3) is 2.97. The van der Waals surface area contributed by atoms with Crippen LogP contribution in [0, 0.1) is 5.82 Å². The Bertz CT molecular complexity index is 510. The Hall–Kier alpha value is -1.55. The molecule has 1 aromatic heterocycles. The molecule has 0 bridgehead atoms. The van der Waals surface area contributed by atoms with Crippen molar-refractivity contribution in [2.24, 2.45) is 0 Å². The molecular formula is C12H13ClFN3. The number of hydrogen-bond donors (Lipinski definition) is 1. The van der Waals surface area contributed by atoms with Crippen molar-refractivity contribution in [1.82, 2.24) is 9.78 Å². The van der Waals surface area contributed by atoms with E-state index >= 15 is 0 Å². The van der Waals surface area contributed by atoms with Crippen LogP contribution in [-0.4, -0.2) is 9.78 Å². The van der Waals surface area contributed by atoms with E-state index in [1.54, 1.807) is 18.3 Å². The van der Waals surface area contributed by atoms with Crippen LogP contribution in [0.3, 0.4) is 0 Å². The van der Waals surface area contributed by atoms with E-state index in [0.29, 0.717) is 6.54 Å². The van der Waals surface area contributed by atoms with Gasteiger partial charge in [0.15, 0.2) is 0 Å². The van der Waals surface area contributed by atoms with Gasteiger partial charge in [0, 0.05) is 19.3 Å². The van der Waals surface area contributed by atoms with Crippen LogP contribution in [0.2, 0.25) is 5.02 Å². The Morgan fingerprint density at radius 1 is 1.47 bits per heavy atom. The van der Waals surface area contributed by atoms with Crippen LogP contribution in [0.1, 0.15) is 12.5 Å². The van der Waals surface area contributed by atoms with Crippen LogP contribution in [-0.2, 0) is 13.1 Å². The SMILES string of the molecule is CCn1cc(NCc2ccc(Cl)c(F)c2)cn1. The molecule has 0 unspecified atom stereocenters. The number of aromatic nitrogens is 2. The van der Waals surface area contributed by atoms with Crippen LogP contribution in [0.5, 0.6) is 0 Å². The summed E-state index contributed by atoms with van der Waals surface area (Å²) < 4.78 is 15.0. The molecule has 17 heavy (non-hydrogen) atoms. The number of nitrogens with one attached hydrogen (secondary N) is 1. The van der Waals surface area contributed by atoms with Gasteiger partial charge in [-0.05, 0) is 24.6 Å². The number of benzene rings is 1. The monoisotopic (exact) mass is 253 g/mol. The molecule has 0 radical (unpaired) electrons. The van der Waals surface area contributed by atoms with Crippen LogP contribution in [0.15, 0.2) is 30.6 Å². The number of aryl methyl sites for hydroxylation is 1. The van der Waals surface area contributed by atoms with Gasteiger partial charge in [0.2, 0.25) is 0 Å². The van der Waals surface area contributed by atoms with Crippen molar-refractivity contribution in [3.8, 4) is 0 Å². The normalized spacial score (nSPS) is 10.5. The molecule has 1 aromatic carbocycles. The van der Waals surface area contributed by atoms with Crippen molar-refractivity contribution in [2.45, 2.75) is 20.0 Å². The molecule has 0 spiro atoms. The summed E-state index contributed by atoms with van der Waals surface area (Å²) in [4.78, 5) is 0. The molecule has 1 heterocycles. The number of hydrogen-bond acceptors (Lipinski definition) is 2. The summed E-state index contributed by atoms with van der Waals surface area (Å²) >= 11 is 5.61. The summed E-state index contributed by atoms with van der Waals surface area (Å²) in [5.41, 5.74) is 1.76. The topological polar surface area (TPSA) is 29.9 Å². The average molecular weight is 254 g/mol. The molecule has 0 fully saturated rings. The first kappa shape index (κ1) is 11.9. The standard InChI is InChI=1S/C12H13ClFN3/c1-2-17-8-10(7-16-17)15-6-9-3-4-11(13)12(14)5-9/h3-5,7-8,15H,2,6H2,1H3. The van der Waals surface area contributed by atoms with Gasteiger partial charge in [0.05, 0.1) is 16.9 Å². The molecule has 5 heteroatoms. The molecule has 0 saturated heterocycles. The number of nitrogens with zero attached hydrogens (tertiary/aromatic N) is 2. The first-order valence-corrected chi connectivity index (χ1v) is 5.77. The molecule has 1 N–H and O–H groups in total. The summed E-state index contributed by atoms with van der Waals surface area (Å²) in [5.74, 6) is -0.393. The fourth-order valence-corrected chi connectivity index (χ4v) is 1.60. The van der Waals surface area contributed by atoms with E-state index in [9.17, 15) is 4.39 Å². The lowest BCUT2D eigenvalue weighted by atomic mass is 10.2. The molecule has 0 amide bonds. The van der Waals surface area contributed by atoms with Gasteiger partial charge < -0.3 is 5.32 Å². The highest BCUT2D eigenvalue weighted by Gasteiger charge is 2.01. The van der Waals surface area contributed by atoms with Gasteiger partial charge in [0.1, 0.15) is 5.82 Å². The summed E-state index contributed by atoms with van der Waals surface area (Å²) in [5, 5.41) is 7.45. The minimum Gasteiger partial charge on any atom is -0.378 e. The Kier molecular flexibility index (Phi) is 3.64. The van der Waals surface area contributed by atoms with E-state index in [-0.39, 0.29) is 5.02 Å². The van der Waals surface area contributed by atoms with Crippen molar-refractivity contribution in [1.29, 1.82) is 0 Å². The van der Waals surface area contributed by atoms with Crippen molar-refractivity contribution < 1.29 is 4.39 Å². The fourth-order valence-electron chi connectivity index (χ4n) is 1.48. The molecule has 0 atom stereocenters. The van der Waals surface area contributed by atoms with Crippen LogP contribution < -0.4 is 5.32 Å². The van der Waals surface area contributed by atoms with Gasteiger partial charge in [-0.1, -0.05) is 17.7 Å². The van der Waals surface area contributed by atoms with E-state index in [1.807, 2.05) is 17.8 Å². The van der Waals surface area contributed by atoms with Crippen molar-refractivity contribution in [2.75, 3.05) is 5.32 Å². The molecule has 90 valence electrons. The molecule has 0 aliphatic rings. The second kappa shape index (κ2) is 5.19. The molecule has 2 rings (SSSR count). The van der Waals surface area contributed by atoms with E-state index in [2.05, 4.69) is 10.4 Å². The predicted octanol–water partition coefficient (Wildman–Crippen LogP) is 3.31. The summed E-state index contributed by atoms with van der Waals surface area (Å²) in [6.07, 6.45) is 3.65. The highest BCUT2D eigenvalue weighted by atomic mass is 35.5. The Balaban J connectivity index is 1.99. The molecule has 2 aromatic rings. The van der Waals surface area contributed by atoms with Crippen LogP contribution in [0.4, 0.5) is 10.1 Å². The molecule has 3 nitrogen and oxygen atoms in total. The first-order valence-electron chi connectivity index (χ1n) is 5.39. The maximum Gasteiger partial charge on any atom is 0.142 e. The number of halogens is 2. The van der Waals surface area contributed by atoms with Crippen molar-refractivity contribution >= 4 is 17.3 Å². The summed E-state index contributed by atoms with van der Waals surface area (Å²) in [6.45, 7) is 3.39. The first-order chi connectivity index (χ1) is 8.19. The van der Waals surface area contributed by atoms with Gasteiger partial charge in [0.25, 0.3) is 0 Å². The zero-order chi connectivity index (χ0) is 12.3. The van der Waals surface area contributed by atoms with Crippen LogP contribution >= 0.6 is 11.6 Å². The highest BCUT2D eigenvalue weighted by Crippen LogP contribution is 2.16. The highest BCUT2D eigenvalue weighted by molar-refractivity contribution is 6.30. The summed E-state index contributed by atoms with van der Waals surface area (Å²) in [7, 11) is 0. The molecular weight excluding hydrogens is 241 g/mol. The van der Waals surface area contributed by atoms with Gasteiger partial charge >= 0.3 is 0 Å². The van der Waals surface area contributed by atoms with E-state index < -0.39 is 5.82 Å². The van der Waals surface area contributed by atoms with Crippen molar-refractivity contribution in [3.05, 3.63) is 47.0 Å². The number of rotatable bonds is 4. The second-order valence-electron chi connectivity index (χ2n) is 3.69. The third-order valence-electron chi connectivity index (χ3n) is 2.44. The second-order valence-corrected chi connectivity index (χ2v) is 4.09.